The van der Waals surface area contributed by atoms with Crippen LogP contribution >= 0.6 is 0 Å². The topological polar surface area (TPSA) is 53.1 Å². The Balaban J connectivity index is 1.33. The lowest BCUT2D eigenvalue weighted by atomic mass is 10.1. The van der Waals surface area contributed by atoms with Crippen molar-refractivity contribution in [2.24, 2.45) is 0 Å². The van der Waals surface area contributed by atoms with E-state index >= 15 is 0 Å². The van der Waals surface area contributed by atoms with E-state index in [0.29, 0.717) is 18.0 Å². The molecule has 2 aliphatic rings. The molecule has 2 heterocycles. The molecule has 2 aromatic carbocycles. The molecule has 0 saturated carbocycles. The van der Waals surface area contributed by atoms with Crippen molar-refractivity contribution in [2.75, 3.05) is 44.2 Å². The molecule has 2 amide bonds. The van der Waals surface area contributed by atoms with E-state index in [1.165, 1.54) is 10.5 Å². The van der Waals surface area contributed by atoms with E-state index < -0.39 is 0 Å². The molecule has 0 aromatic heterocycles. The van der Waals surface area contributed by atoms with Crippen LogP contribution in [0.25, 0.3) is 6.08 Å². The zero-order valence-electron chi connectivity index (χ0n) is 17.9. The van der Waals surface area contributed by atoms with Crippen molar-refractivity contribution in [3.63, 3.8) is 0 Å². The number of hydrogen-bond acceptors (Lipinski definition) is 5. The van der Waals surface area contributed by atoms with Crippen molar-refractivity contribution in [1.82, 2.24) is 9.80 Å². The molecule has 6 heteroatoms. The van der Waals surface area contributed by atoms with Gasteiger partial charge in [0.25, 0.3) is 5.91 Å². The molecule has 0 unspecified atom stereocenters. The van der Waals surface area contributed by atoms with E-state index in [2.05, 4.69) is 34.1 Å². The lowest BCUT2D eigenvalue weighted by Gasteiger charge is -2.36. The van der Waals surface area contributed by atoms with Gasteiger partial charge in [-0.25, -0.2) is 4.90 Å². The molecular weight excluding hydrogens is 390 g/mol. The van der Waals surface area contributed by atoms with Crippen LogP contribution in [0.3, 0.4) is 0 Å². The SMILES string of the molecule is CCOc1cccc(N2C(=O)C[C@H](N3CCN(C/C=C/c4ccccc4)CC3)C2=O)c1. The number of ether oxygens (including phenoxy) is 1. The van der Waals surface area contributed by atoms with E-state index in [9.17, 15) is 9.59 Å². The van der Waals surface area contributed by atoms with Gasteiger partial charge >= 0.3 is 0 Å². The van der Waals surface area contributed by atoms with Crippen molar-refractivity contribution in [2.45, 2.75) is 19.4 Å². The minimum Gasteiger partial charge on any atom is -0.494 e. The van der Waals surface area contributed by atoms with E-state index in [1.54, 1.807) is 12.1 Å². The summed E-state index contributed by atoms with van der Waals surface area (Å²) in [7, 11) is 0. The van der Waals surface area contributed by atoms with Crippen LogP contribution in [0, 0.1) is 0 Å². The fourth-order valence-corrected chi connectivity index (χ4v) is 4.21. The zero-order valence-corrected chi connectivity index (χ0v) is 17.9. The van der Waals surface area contributed by atoms with E-state index in [0.717, 1.165) is 32.7 Å². The molecule has 0 N–H and O–H groups in total. The average Bonchev–Trinajstić information content (AvgIpc) is 3.09. The Morgan fingerprint density at radius 3 is 2.52 bits per heavy atom. The average molecular weight is 420 g/mol. The maximum absolute atomic E-state index is 13.1. The summed E-state index contributed by atoms with van der Waals surface area (Å²) in [6.07, 6.45) is 4.56. The van der Waals surface area contributed by atoms with Crippen molar-refractivity contribution in [3.8, 4) is 5.75 Å². The molecule has 2 aliphatic heterocycles. The minimum absolute atomic E-state index is 0.129. The molecule has 0 spiro atoms. The Morgan fingerprint density at radius 2 is 1.77 bits per heavy atom. The Bertz CT molecular complexity index is 936. The number of carbonyl (C=O) groups excluding carboxylic acids is 2. The van der Waals surface area contributed by atoms with Crippen LogP contribution in [0.5, 0.6) is 5.75 Å². The molecule has 6 nitrogen and oxygen atoms in total. The number of hydrogen-bond donors (Lipinski definition) is 0. The van der Waals surface area contributed by atoms with Gasteiger partial charge in [-0.2, -0.15) is 0 Å². The second-order valence-electron chi connectivity index (χ2n) is 7.87. The summed E-state index contributed by atoms with van der Waals surface area (Å²) in [4.78, 5) is 31.6. The summed E-state index contributed by atoms with van der Waals surface area (Å²) >= 11 is 0. The lowest BCUT2D eigenvalue weighted by Crippen LogP contribution is -2.52. The van der Waals surface area contributed by atoms with Crippen molar-refractivity contribution < 1.29 is 14.3 Å². The zero-order chi connectivity index (χ0) is 21.6. The van der Waals surface area contributed by atoms with Gasteiger partial charge in [0.1, 0.15) is 5.75 Å². The van der Waals surface area contributed by atoms with Crippen molar-refractivity contribution >= 4 is 23.6 Å². The summed E-state index contributed by atoms with van der Waals surface area (Å²) in [5, 5.41) is 0. The molecule has 0 aliphatic carbocycles. The third-order valence-corrected chi connectivity index (χ3v) is 5.83. The van der Waals surface area contributed by atoms with Crippen LogP contribution in [0.2, 0.25) is 0 Å². The highest BCUT2D eigenvalue weighted by Crippen LogP contribution is 2.29. The fourth-order valence-electron chi connectivity index (χ4n) is 4.21. The number of piperazine rings is 1. The number of nitrogens with zero attached hydrogens (tertiary/aromatic N) is 3. The number of rotatable bonds is 7. The van der Waals surface area contributed by atoms with E-state index in [1.807, 2.05) is 37.3 Å². The van der Waals surface area contributed by atoms with Gasteiger partial charge in [0.2, 0.25) is 5.91 Å². The van der Waals surface area contributed by atoms with E-state index in [-0.39, 0.29) is 24.3 Å². The second kappa shape index (κ2) is 9.90. The molecule has 0 radical (unpaired) electrons. The van der Waals surface area contributed by atoms with Crippen LogP contribution in [-0.4, -0.2) is 67.0 Å². The van der Waals surface area contributed by atoms with Gasteiger partial charge < -0.3 is 4.74 Å². The third kappa shape index (κ3) is 5.03. The van der Waals surface area contributed by atoms with E-state index in [4.69, 9.17) is 4.74 Å². The Labute approximate surface area is 183 Å². The van der Waals surface area contributed by atoms with Crippen LogP contribution in [-0.2, 0) is 9.59 Å². The summed E-state index contributed by atoms with van der Waals surface area (Å²) in [6, 6.07) is 17.1. The molecule has 4 rings (SSSR count). The standard InChI is InChI=1S/C25H29N3O3/c1-2-31-22-12-6-11-21(18-22)28-24(29)19-23(25(28)30)27-16-14-26(15-17-27)13-7-10-20-8-4-3-5-9-20/h3-12,18,23H,2,13-17,19H2,1H3/b10-7+/t23-/m0/s1. The first kappa shape index (κ1) is 21.3. The molecule has 0 bridgehead atoms. The van der Waals surface area contributed by atoms with Crippen molar-refractivity contribution in [1.29, 1.82) is 0 Å². The largest absolute Gasteiger partial charge is 0.494 e. The Hall–Kier alpha value is -2.96. The lowest BCUT2D eigenvalue weighted by molar-refractivity contribution is -0.123. The van der Waals surface area contributed by atoms with Gasteiger partial charge in [-0.3, -0.25) is 19.4 Å². The second-order valence-corrected chi connectivity index (χ2v) is 7.87. The summed E-state index contributed by atoms with van der Waals surface area (Å²) < 4.78 is 5.52. The third-order valence-electron chi connectivity index (χ3n) is 5.83. The van der Waals surface area contributed by atoms with Crippen LogP contribution < -0.4 is 9.64 Å². The quantitative estimate of drug-likeness (QED) is 0.646. The smallest absolute Gasteiger partial charge is 0.251 e. The van der Waals surface area contributed by atoms with Crippen LogP contribution in [0.4, 0.5) is 5.69 Å². The van der Waals surface area contributed by atoms with Gasteiger partial charge in [-0.15, -0.1) is 0 Å². The molecule has 2 fully saturated rings. The monoisotopic (exact) mass is 419 g/mol. The van der Waals surface area contributed by atoms with Crippen LogP contribution in [0.15, 0.2) is 60.7 Å². The Kier molecular flexibility index (Phi) is 6.79. The Morgan fingerprint density at radius 1 is 1.00 bits per heavy atom. The fraction of sp³-hybridized carbons (Fsp3) is 0.360. The van der Waals surface area contributed by atoms with Crippen molar-refractivity contribution in [3.05, 3.63) is 66.2 Å². The molecular formula is C25H29N3O3. The first-order valence-electron chi connectivity index (χ1n) is 10.9. The molecule has 2 saturated heterocycles. The van der Waals surface area contributed by atoms with Gasteiger partial charge in [-0.05, 0) is 24.6 Å². The first-order chi connectivity index (χ1) is 15.2. The van der Waals surface area contributed by atoms with Crippen LogP contribution in [0.1, 0.15) is 18.9 Å². The number of benzene rings is 2. The van der Waals surface area contributed by atoms with Gasteiger partial charge in [0.05, 0.1) is 24.8 Å². The highest BCUT2D eigenvalue weighted by atomic mass is 16.5. The number of anilines is 1. The highest BCUT2D eigenvalue weighted by Gasteiger charge is 2.43. The maximum atomic E-state index is 13.1. The maximum Gasteiger partial charge on any atom is 0.251 e. The number of imide groups is 1. The molecule has 31 heavy (non-hydrogen) atoms. The normalized spacial score (nSPS) is 20.7. The number of amides is 2. The number of carbonyl (C=O) groups is 2. The van der Waals surface area contributed by atoms with Gasteiger partial charge in [0.15, 0.2) is 0 Å². The highest BCUT2D eigenvalue weighted by molar-refractivity contribution is 6.22. The molecule has 1 atom stereocenters. The summed E-state index contributed by atoms with van der Waals surface area (Å²) in [6.45, 7) is 6.68. The summed E-state index contributed by atoms with van der Waals surface area (Å²) in [5.74, 6) is 0.397. The predicted molar refractivity (Wildman–Crippen MR) is 122 cm³/mol. The van der Waals surface area contributed by atoms with Gasteiger partial charge in [0, 0.05) is 38.8 Å². The predicted octanol–water partition coefficient (Wildman–Crippen LogP) is 3.05. The summed E-state index contributed by atoms with van der Waals surface area (Å²) in [5.41, 5.74) is 1.79. The first-order valence-corrected chi connectivity index (χ1v) is 10.9. The molecule has 162 valence electrons. The van der Waals surface area contributed by atoms with Gasteiger partial charge in [-0.1, -0.05) is 48.6 Å². The minimum atomic E-state index is -0.370. The molecule has 2 aromatic rings.